The molecule has 1 aromatic carbocycles. The number of nitrogens with one attached hydrogen (secondary N) is 2. The van der Waals surface area contributed by atoms with Crippen LogP contribution in [0.1, 0.15) is 38.3 Å². The van der Waals surface area contributed by atoms with Gasteiger partial charge in [-0.25, -0.2) is 0 Å². The van der Waals surface area contributed by atoms with E-state index in [4.69, 9.17) is 4.74 Å². The van der Waals surface area contributed by atoms with Crippen LogP contribution in [0.5, 0.6) is 5.75 Å². The SMILES string of the molecule is CCN(CC)C(CNC(=O)C1CCCN1)c1cccc(OC)c1. The summed E-state index contributed by atoms with van der Waals surface area (Å²) in [5, 5.41) is 6.38. The van der Waals surface area contributed by atoms with Crippen molar-refractivity contribution in [1.82, 2.24) is 15.5 Å². The molecule has 0 spiro atoms. The highest BCUT2D eigenvalue weighted by atomic mass is 16.5. The molecule has 2 unspecified atom stereocenters. The molecule has 5 nitrogen and oxygen atoms in total. The average molecular weight is 319 g/mol. The zero-order valence-electron chi connectivity index (χ0n) is 14.5. The maximum atomic E-state index is 12.3. The molecular weight excluding hydrogens is 290 g/mol. The van der Waals surface area contributed by atoms with E-state index in [2.05, 4.69) is 41.5 Å². The van der Waals surface area contributed by atoms with Crippen molar-refractivity contribution in [3.05, 3.63) is 29.8 Å². The predicted octanol–water partition coefficient (Wildman–Crippen LogP) is 1.95. The van der Waals surface area contributed by atoms with Gasteiger partial charge in [0.15, 0.2) is 0 Å². The van der Waals surface area contributed by atoms with Gasteiger partial charge in [0.1, 0.15) is 5.75 Å². The number of methoxy groups -OCH3 is 1. The number of likely N-dealkylation sites (N-methyl/N-ethyl adjacent to an activating group) is 1. The van der Waals surface area contributed by atoms with Crippen molar-refractivity contribution < 1.29 is 9.53 Å². The van der Waals surface area contributed by atoms with Gasteiger partial charge in [0.25, 0.3) is 0 Å². The topological polar surface area (TPSA) is 53.6 Å². The number of carbonyl (C=O) groups excluding carboxylic acids is 1. The maximum Gasteiger partial charge on any atom is 0.237 e. The number of rotatable bonds is 8. The third-order valence-electron chi connectivity index (χ3n) is 4.58. The first-order chi connectivity index (χ1) is 11.2. The zero-order valence-corrected chi connectivity index (χ0v) is 14.5. The predicted molar refractivity (Wildman–Crippen MR) is 92.7 cm³/mol. The fraction of sp³-hybridized carbons (Fsp3) is 0.611. The van der Waals surface area contributed by atoms with Crippen LogP contribution < -0.4 is 15.4 Å². The van der Waals surface area contributed by atoms with E-state index in [0.29, 0.717) is 6.54 Å². The lowest BCUT2D eigenvalue weighted by Gasteiger charge is -2.30. The Kier molecular flexibility index (Phi) is 6.86. The van der Waals surface area contributed by atoms with E-state index in [0.717, 1.165) is 38.2 Å². The first-order valence-corrected chi connectivity index (χ1v) is 8.58. The van der Waals surface area contributed by atoms with Gasteiger partial charge in [-0.3, -0.25) is 9.69 Å². The quantitative estimate of drug-likeness (QED) is 0.769. The molecule has 23 heavy (non-hydrogen) atoms. The first-order valence-electron chi connectivity index (χ1n) is 8.58. The van der Waals surface area contributed by atoms with E-state index in [9.17, 15) is 4.79 Å². The van der Waals surface area contributed by atoms with Crippen molar-refractivity contribution in [2.75, 3.05) is 33.3 Å². The Morgan fingerprint density at radius 2 is 2.22 bits per heavy atom. The molecule has 128 valence electrons. The van der Waals surface area contributed by atoms with E-state index in [1.807, 2.05) is 12.1 Å². The van der Waals surface area contributed by atoms with Crippen LogP contribution in [0, 0.1) is 0 Å². The molecule has 1 amide bonds. The lowest BCUT2D eigenvalue weighted by molar-refractivity contribution is -0.123. The molecule has 2 atom stereocenters. The Balaban J connectivity index is 2.08. The average Bonchev–Trinajstić information content (AvgIpc) is 3.13. The number of benzene rings is 1. The monoisotopic (exact) mass is 319 g/mol. The smallest absolute Gasteiger partial charge is 0.237 e. The van der Waals surface area contributed by atoms with Gasteiger partial charge in [-0.15, -0.1) is 0 Å². The van der Waals surface area contributed by atoms with Gasteiger partial charge in [-0.05, 0) is 50.2 Å². The highest BCUT2D eigenvalue weighted by molar-refractivity contribution is 5.82. The van der Waals surface area contributed by atoms with Gasteiger partial charge in [-0.2, -0.15) is 0 Å². The van der Waals surface area contributed by atoms with Crippen LogP contribution in [-0.2, 0) is 4.79 Å². The Morgan fingerprint density at radius 3 is 2.83 bits per heavy atom. The molecule has 0 saturated carbocycles. The van der Waals surface area contributed by atoms with Crippen LogP contribution in [0.2, 0.25) is 0 Å². The molecule has 0 aromatic heterocycles. The summed E-state index contributed by atoms with van der Waals surface area (Å²) in [7, 11) is 1.68. The summed E-state index contributed by atoms with van der Waals surface area (Å²) >= 11 is 0. The second-order valence-electron chi connectivity index (χ2n) is 5.91. The normalized spacial score (nSPS) is 18.9. The number of hydrogen-bond donors (Lipinski definition) is 2. The minimum absolute atomic E-state index is 0.0299. The van der Waals surface area contributed by atoms with Crippen molar-refractivity contribution in [3.63, 3.8) is 0 Å². The number of amides is 1. The van der Waals surface area contributed by atoms with E-state index < -0.39 is 0 Å². The van der Waals surface area contributed by atoms with Crippen LogP contribution in [0.25, 0.3) is 0 Å². The molecule has 1 saturated heterocycles. The van der Waals surface area contributed by atoms with Crippen LogP contribution in [0.15, 0.2) is 24.3 Å². The largest absolute Gasteiger partial charge is 0.497 e. The summed E-state index contributed by atoms with van der Waals surface area (Å²) in [5.74, 6) is 0.964. The van der Waals surface area contributed by atoms with E-state index in [1.165, 1.54) is 5.56 Å². The number of hydrogen-bond acceptors (Lipinski definition) is 4. The summed E-state index contributed by atoms with van der Waals surface area (Å²) in [5.41, 5.74) is 1.17. The van der Waals surface area contributed by atoms with Crippen molar-refractivity contribution >= 4 is 5.91 Å². The minimum Gasteiger partial charge on any atom is -0.497 e. The van der Waals surface area contributed by atoms with Crippen LogP contribution in [-0.4, -0.2) is 50.1 Å². The van der Waals surface area contributed by atoms with Crippen molar-refractivity contribution in [2.24, 2.45) is 0 Å². The fourth-order valence-corrected chi connectivity index (χ4v) is 3.20. The Morgan fingerprint density at radius 1 is 1.43 bits per heavy atom. The molecule has 1 heterocycles. The van der Waals surface area contributed by atoms with Crippen LogP contribution >= 0.6 is 0 Å². The lowest BCUT2D eigenvalue weighted by Crippen LogP contribution is -2.44. The number of ether oxygens (including phenoxy) is 1. The van der Waals surface area contributed by atoms with E-state index in [-0.39, 0.29) is 18.0 Å². The third kappa shape index (κ3) is 4.69. The molecule has 1 aromatic rings. The summed E-state index contributed by atoms with van der Waals surface area (Å²) in [6, 6.07) is 8.24. The van der Waals surface area contributed by atoms with Gasteiger partial charge in [0.2, 0.25) is 5.91 Å². The molecular formula is C18H29N3O2. The molecule has 2 rings (SSSR count). The molecule has 5 heteroatoms. The molecule has 1 aliphatic heterocycles. The van der Waals surface area contributed by atoms with Gasteiger partial charge in [-0.1, -0.05) is 26.0 Å². The molecule has 1 aliphatic rings. The summed E-state index contributed by atoms with van der Waals surface area (Å²) in [6.07, 6.45) is 2.01. The first kappa shape index (κ1) is 17.8. The van der Waals surface area contributed by atoms with E-state index in [1.54, 1.807) is 7.11 Å². The van der Waals surface area contributed by atoms with Crippen molar-refractivity contribution in [1.29, 1.82) is 0 Å². The third-order valence-corrected chi connectivity index (χ3v) is 4.58. The molecule has 0 radical (unpaired) electrons. The summed E-state index contributed by atoms with van der Waals surface area (Å²) in [6.45, 7) is 7.74. The van der Waals surface area contributed by atoms with Gasteiger partial charge in [0, 0.05) is 6.54 Å². The van der Waals surface area contributed by atoms with Gasteiger partial charge in [0.05, 0.1) is 19.2 Å². The lowest BCUT2D eigenvalue weighted by atomic mass is 10.0. The Bertz CT molecular complexity index is 497. The summed E-state index contributed by atoms with van der Waals surface area (Å²) < 4.78 is 5.34. The summed E-state index contributed by atoms with van der Waals surface area (Å²) in [4.78, 5) is 14.6. The Labute approximate surface area is 139 Å². The second-order valence-corrected chi connectivity index (χ2v) is 5.91. The second kappa shape index (κ2) is 8.89. The van der Waals surface area contributed by atoms with E-state index >= 15 is 0 Å². The van der Waals surface area contributed by atoms with Crippen molar-refractivity contribution in [2.45, 2.75) is 38.8 Å². The zero-order chi connectivity index (χ0) is 16.7. The Hall–Kier alpha value is -1.59. The van der Waals surface area contributed by atoms with Crippen LogP contribution in [0.3, 0.4) is 0 Å². The fourth-order valence-electron chi connectivity index (χ4n) is 3.20. The maximum absolute atomic E-state index is 12.3. The minimum atomic E-state index is -0.0299. The molecule has 2 N–H and O–H groups in total. The van der Waals surface area contributed by atoms with Gasteiger partial charge >= 0.3 is 0 Å². The van der Waals surface area contributed by atoms with Gasteiger partial charge < -0.3 is 15.4 Å². The van der Waals surface area contributed by atoms with Crippen LogP contribution in [0.4, 0.5) is 0 Å². The van der Waals surface area contributed by atoms with Crippen molar-refractivity contribution in [3.8, 4) is 5.75 Å². The number of carbonyl (C=O) groups is 1. The molecule has 0 bridgehead atoms. The number of nitrogens with zero attached hydrogens (tertiary/aromatic N) is 1. The highest BCUT2D eigenvalue weighted by Gasteiger charge is 2.24. The molecule has 1 fully saturated rings. The highest BCUT2D eigenvalue weighted by Crippen LogP contribution is 2.24. The standard InChI is InChI=1S/C18H29N3O2/c1-4-21(5-2)17(14-8-6-9-15(12-14)23-3)13-20-18(22)16-10-7-11-19-16/h6,8-9,12,16-17,19H,4-5,7,10-11,13H2,1-3H3,(H,20,22). The molecule has 0 aliphatic carbocycles.